The van der Waals surface area contributed by atoms with E-state index in [1.807, 2.05) is 6.92 Å². The minimum atomic E-state index is -3.60. The van der Waals surface area contributed by atoms with Gasteiger partial charge < -0.3 is 4.74 Å². The van der Waals surface area contributed by atoms with Crippen LogP contribution < -0.4 is 4.72 Å². The first-order valence-electron chi connectivity index (χ1n) is 6.02. The van der Waals surface area contributed by atoms with E-state index in [9.17, 15) is 8.42 Å². The van der Waals surface area contributed by atoms with Crippen LogP contribution in [0.3, 0.4) is 0 Å². The number of hydrogen-bond acceptors (Lipinski definition) is 3. The molecule has 1 aliphatic carbocycles. The SMILES string of the molecule is CCOC1CC(NS(=O)(=O)c2c(Cl)cccc2Br)C1. The normalized spacial score (nSPS) is 23.1. The predicted octanol–water partition coefficient (Wildman–Crippen LogP) is 2.95. The van der Waals surface area contributed by atoms with Crippen molar-refractivity contribution >= 4 is 37.6 Å². The molecule has 1 fully saturated rings. The largest absolute Gasteiger partial charge is 0.378 e. The molecule has 1 aromatic carbocycles. The van der Waals surface area contributed by atoms with Crippen LogP contribution in [-0.4, -0.2) is 27.2 Å². The molecule has 0 radical (unpaired) electrons. The zero-order valence-electron chi connectivity index (χ0n) is 10.4. The minimum Gasteiger partial charge on any atom is -0.378 e. The molecule has 0 saturated heterocycles. The Morgan fingerprint density at radius 1 is 1.47 bits per heavy atom. The molecule has 0 heterocycles. The Morgan fingerprint density at radius 3 is 2.74 bits per heavy atom. The average Bonchev–Trinajstić information content (AvgIpc) is 2.25. The highest BCUT2D eigenvalue weighted by atomic mass is 79.9. The van der Waals surface area contributed by atoms with Crippen molar-refractivity contribution in [2.45, 2.75) is 36.8 Å². The van der Waals surface area contributed by atoms with E-state index >= 15 is 0 Å². The fourth-order valence-corrected chi connectivity index (χ4v) is 5.05. The maximum atomic E-state index is 12.3. The Balaban J connectivity index is 2.08. The van der Waals surface area contributed by atoms with Crippen LogP contribution in [0.25, 0.3) is 0 Å². The lowest BCUT2D eigenvalue weighted by Gasteiger charge is -2.35. The van der Waals surface area contributed by atoms with Crippen LogP contribution in [-0.2, 0) is 14.8 Å². The summed E-state index contributed by atoms with van der Waals surface area (Å²) in [5, 5.41) is 0.211. The van der Waals surface area contributed by atoms with E-state index in [1.165, 1.54) is 0 Å². The lowest BCUT2D eigenvalue weighted by molar-refractivity contribution is -0.00475. The molecule has 7 heteroatoms. The third-order valence-corrected chi connectivity index (χ3v) is 5.98. The Labute approximate surface area is 126 Å². The quantitative estimate of drug-likeness (QED) is 0.869. The van der Waals surface area contributed by atoms with Gasteiger partial charge in [-0.2, -0.15) is 0 Å². The Morgan fingerprint density at radius 2 is 2.16 bits per heavy atom. The highest BCUT2D eigenvalue weighted by Crippen LogP contribution is 2.31. The van der Waals surface area contributed by atoms with E-state index in [-0.39, 0.29) is 22.1 Å². The maximum Gasteiger partial charge on any atom is 0.243 e. The average molecular weight is 369 g/mol. The van der Waals surface area contributed by atoms with Gasteiger partial charge in [0.2, 0.25) is 10.0 Å². The van der Waals surface area contributed by atoms with Crippen LogP contribution >= 0.6 is 27.5 Å². The molecule has 0 spiro atoms. The second-order valence-corrected chi connectivity index (χ2v) is 7.33. The molecule has 0 atom stereocenters. The summed E-state index contributed by atoms with van der Waals surface area (Å²) in [6.45, 7) is 2.58. The third kappa shape index (κ3) is 3.49. The summed E-state index contributed by atoms with van der Waals surface area (Å²) in [7, 11) is -3.60. The van der Waals surface area contributed by atoms with E-state index in [0.717, 1.165) is 0 Å². The number of hydrogen-bond donors (Lipinski definition) is 1. The van der Waals surface area contributed by atoms with Crippen molar-refractivity contribution in [1.29, 1.82) is 0 Å². The lowest BCUT2D eigenvalue weighted by atomic mass is 9.90. The van der Waals surface area contributed by atoms with Gasteiger partial charge in [0.25, 0.3) is 0 Å². The zero-order chi connectivity index (χ0) is 14.0. The standard InChI is InChI=1S/C12H15BrClNO3S/c1-2-18-9-6-8(7-9)15-19(16,17)12-10(13)4-3-5-11(12)14/h3-5,8-9,15H,2,6-7H2,1H3. The van der Waals surface area contributed by atoms with Gasteiger partial charge in [0.05, 0.1) is 11.1 Å². The van der Waals surface area contributed by atoms with Gasteiger partial charge in [0, 0.05) is 17.1 Å². The van der Waals surface area contributed by atoms with E-state index in [0.29, 0.717) is 23.9 Å². The fraction of sp³-hybridized carbons (Fsp3) is 0.500. The van der Waals surface area contributed by atoms with Gasteiger partial charge >= 0.3 is 0 Å². The van der Waals surface area contributed by atoms with Crippen molar-refractivity contribution in [2.75, 3.05) is 6.61 Å². The first-order chi connectivity index (χ1) is 8.94. The van der Waals surface area contributed by atoms with E-state index in [2.05, 4.69) is 20.7 Å². The second-order valence-electron chi connectivity index (χ2n) is 4.42. The smallest absolute Gasteiger partial charge is 0.243 e. The number of ether oxygens (including phenoxy) is 1. The lowest BCUT2D eigenvalue weighted by Crippen LogP contribution is -2.47. The van der Waals surface area contributed by atoms with E-state index in [1.54, 1.807) is 18.2 Å². The fourth-order valence-electron chi connectivity index (χ4n) is 2.05. The maximum absolute atomic E-state index is 12.3. The van der Waals surface area contributed by atoms with Crippen molar-refractivity contribution in [2.24, 2.45) is 0 Å². The minimum absolute atomic E-state index is 0.0790. The molecule has 106 valence electrons. The van der Waals surface area contributed by atoms with Crippen molar-refractivity contribution < 1.29 is 13.2 Å². The van der Waals surface area contributed by atoms with E-state index in [4.69, 9.17) is 16.3 Å². The molecule has 4 nitrogen and oxygen atoms in total. The Hall–Kier alpha value is -0.140. The van der Waals surface area contributed by atoms with E-state index < -0.39 is 10.0 Å². The van der Waals surface area contributed by atoms with Crippen molar-refractivity contribution in [3.63, 3.8) is 0 Å². The third-order valence-electron chi connectivity index (χ3n) is 3.01. The molecule has 0 amide bonds. The van der Waals surface area contributed by atoms with Gasteiger partial charge in [-0.25, -0.2) is 13.1 Å². The van der Waals surface area contributed by atoms with Crippen LogP contribution in [0.4, 0.5) is 0 Å². The molecule has 1 N–H and O–H groups in total. The zero-order valence-corrected chi connectivity index (χ0v) is 13.6. The first-order valence-corrected chi connectivity index (χ1v) is 8.67. The summed E-state index contributed by atoms with van der Waals surface area (Å²) in [6.07, 6.45) is 1.57. The molecule has 0 unspecified atom stereocenters. The Bertz CT molecular complexity index is 538. The second kappa shape index (κ2) is 6.10. The number of nitrogens with one attached hydrogen (secondary N) is 1. The van der Waals surface area contributed by atoms with Gasteiger partial charge in [-0.05, 0) is 47.8 Å². The number of rotatable bonds is 5. The molecule has 1 aromatic rings. The molecule has 1 saturated carbocycles. The molecule has 19 heavy (non-hydrogen) atoms. The van der Waals surface area contributed by atoms with Crippen LogP contribution in [0.5, 0.6) is 0 Å². The van der Waals surface area contributed by atoms with Crippen molar-refractivity contribution in [3.8, 4) is 0 Å². The summed E-state index contributed by atoms with van der Waals surface area (Å²) in [5.41, 5.74) is 0. The highest BCUT2D eigenvalue weighted by molar-refractivity contribution is 9.10. The van der Waals surface area contributed by atoms with Crippen LogP contribution in [0.1, 0.15) is 19.8 Å². The van der Waals surface area contributed by atoms with Gasteiger partial charge in [0.1, 0.15) is 4.90 Å². The topological polar surface area (TPSA) is 55.4 Å². The van der Waals surface area contributed by atoms with Gasteiger partial charge in [0.15, 0.2) is 0 Å². The molecule has 1 aliphatic rings. The summed E-state index contributed by atoms with van der Waals surface area (Å²) < 4.78 is 33.1. The first kappa shape index (κ1) is 15.3. The van der Waals surface area contributed by atoms with Gasteiger partial charge in [-0.3, -0.25) is 0 Å². The van der Waals surface area contributed by atoms with Crippen LogP contribution in [0, 0.1) is 0 Å². The van der Waals surface area contributed by atoms with Gasteiger partial charge in [-0.1, -0.05) is 17.7 Å². The van der Waals surface area contributed by atoms with Crippen LogP contribution in [0.2, 0.25) is 5.02 Å². The van der Waals surface area contributed by atoms with Crippen molar-refractivity contribution in [1.82, 2.24) is 4.72 Å². The summed E-state index contributed by atoms with van der Waals surface area (Å²) in [6, 6.07) is 4.83. The number of halogens is 2. The van der Waals surface area contributed by atoms with Crippen molar-refractivity contribution in [3.05, 3.63) is 27.7 Å². The predicted molar refractivity (Wildman–Crippen MR) is 77.9 cm³/mol. The molecular weight excluding hydrogens is 354 g/mol. The van der Waals surface area contributed by atoms with Crippen LogP contribution in [0.15, 0.2) is 27.6 Å². The highest BCUT2D eigenvalue weighted by Gasteiger charge is 2.34. The summed E-state index contributed by atoms with van der Waals surface area (Å²) in [4.78, 5) is 0.0940. The van der Waals surface area contributed by atoms with Gasteiger partial charge in [-0.15, -0.1) is 0 Å². The molecular formula is C12H15BrClNO3S. The monoisotopic (exact) mass is 367 g/mol. The summed E-state index contributed by atoms with van der Waals surface area (Å²) >= 11 is 9.18. The summed E-state index contributed by atoms with van der Waals surface area (Å²) in [5.74, 6) is 0. The molecule has 0 aromatic heterocycles. The molecule has 2 rings (SSSR count). The number of benzene rings is 1. The molecule has 0 bridgehead atoms. The molecule has 0 aliphatic heterocycles. The Kier molecular flexibility index (Phi) is 4.89. The number of sulfonamides is 1.